The quantitative estimate of drug-likeness (QED) is 0.834. The smallest absolute Gasteiger partial charge is 0.237 e. The molecule has 0 saturated carbocycles. The molecule has 1 amide bonds. The zero-order chi connectivity index (χ0) is 16.2. The number of hydrogen-bond acceptors (Lipinski definition) is 5. The zero-order valence-corrected chi connectivity index (χ0v) is 14.1. The Morgan fingerprint density at radius 3 is 2.43 bits per heavy atom. The molecule has 0 saturated heterocycles. The van der Waals surface area contributed by atoms with E-state index in [4.69, 9.17) is 4.52 Å². The van der Waals surface area contributed by atoms with Crippen LogP contribution < -0.4 is 4.72 Å². The van der Waals surface area contributed by atoms with Gasteiger partial charge in [0.05, 0.1) is 10.9 Å². The molecule has 0 radical (unpaired) electrons. The molecule has 0 aliphatic rings. The first-order chi connectivity index (χ1) is 9.69. The van der Waals surface area contributed by atoms with Crippen LogP contribution in [0.4, 0.5) is 0 Å². The largest absolute Gasteiger partial charge is 0.361 e. The van der Waals surface area contributed by atoms with Crippen LogP contribution in [0.2, 0.25) is 0 Å². The Bertz CT molecular complexity index is 573. The first kappa shape index (κ1) is 17.7. The number of amides is 1. The maximum absolute atomic E-state index is 12.0. The highest BCUT2D eigenvalue weighted by Gasteiger charge is 2.25. The van der Waals surface area contributed by atoms with Crippen LogP contribution >= 0.6 is 0 Å². The summed E-state index contributed by atoms with van der Waals surface area (Å²) >= 11 is 0. The van der Waals surface area contributed by atoms with E-state index in [2.05, 4.69) is 9.88 Å². The van der Waals surface area contributed by atoms with Gasteiger partial charge >= 0.3 is 0 Å². The van der Waals surface area contributed by atoms with E-state index in [1.54, 1.807) is 20.8 Å². The molecule has 0 aromatic carbocycles. The summed E-state index contributed by atoms with van der Waals surface area (Å²) in [6.45, 7) is 8.96. The van der Waals surface area contributed by atoms with E-state index in [9.17, 15) is 13.2 Å². The van der Waals surface area contributed by atoms with E-state index in [0.717, 1.165) is 17.7 Å². The molecule has 0 bridgehead atoms. The lowest BCUT2D eigenvalue weighted by molar-refractivity contribution is -0.119. The molecule has 1 rings (SSSR count). The van der Waals surface area contributed by atoms with Crippen LogP contribution in [0.5, 0.6) is 0 Å². The topological polar surface area (TPSA) is 89.3 Å². The number of nitrogens with zero attached hydrogens (tertiary/aromatic N) is 1. The average Bonchev–Trinajstić information content (AvgIpc) is 2.68. The second-order valence-corrected chi connectivity index (χ2v) is 7.61. The number of aromatic nitrogens is 1. The van der Waals surface area contributed by atoms with Gasteiger partial charge in [-0.3, -0.25) is 9.52 Å². The minimum absolute atomic E-state index is 0.0843. The molecule has 1 aromatic rings. The zero-order valence-electron chi connectivity index (χ0n) is 13.3. The Balaban J connectivity index is 2.70. The van der Waals surface area contributed by atoms with Crippen molar-refractivity contribution in [1.82, 2.24) is 9.88 Å². The fraction of sp³-hybridized carbons (Fsp3) is 0.714. The lowest BCUT2D eigenvalue weighted by Crippen LogP contribution is -2.37. The lowest BCUT2D eigenvalue weighted by Gasteiger charge is -2.15. The van der Waals surface area contributed by atoms with Crippen LogP contribution in [-0.4, -0.2) is 24.7 Å². The van der Waals surface area contributed by atoms with Gasteiger partial charge in [-0.15, -0.1) is 0 Å². The van der Waals surface area contributed by atoms with Crippen LogP contribution in [0.25, 0.3) is 0 Å². The monoisotopic (exact) mass is 316 g/mol. The first-order valence-electron chi connectivity index (χ1n) is 7.16. The van der Waals surface area contributed by atoms with Crippen LogP contribution in [0.1, 0.15) is 63.0 Å². The highest BCUT2D eigenvalue weighted by Crippen LogP contribution is 2.25. The fourth-order valence-electron chi connectivity index (χ4n) is 2.44. The van der Waals surface area contributed by atoms with E-state index >= 15 is 0 Å². The summed E-state index contributed by atoms with van der Waals surface area (Å²) in [5.74, 6) is 0.0217. The highest BCUT2D eigenvalue weighted by molar-refractivity contribution is 7.90. The minimum atomic E-state index is -3.59. The maximum Gasteiger partial charge on any atom is 0.237 e. The number of aryl methyl sites for hydroxylation is 2. The molecule has 0 fully saturated rings. The number of sulfonamides is 1. The average molecular weight is 316 g/mol. The summed E-state index contributed by atoms with van der Waals surface area (Å²) in [6, 6.07) is 0. The molecule has 1 heterocycles. The summed E-state index contributed by atoms with van der Waals surface area (Å²) in [5.41, 5.74) is 1.60. The van der Waals surface area contributed by atoms with E-state index in [-0.39, 0.29) is 12.3 Å². The predicted molar refractivity (Wildman–Crippen MR) is 80.4 cm³/mol. The molecule has 0 spiro atoms. The molecular weight excluding hydrogens is 292 g/mol. The standard InChI is InChI=1S/C14H24N2O4S/c1-6-7-10(3)21(18,19)16-13(17)8-9(2)14-11(4)15-20-12(14)5/h9-10H,6-8H2,1-5H3,(H,16,17)/t9-,10-/m0/s1. The normalized spacial score (nSPS) is 14.7. The Morgan fingerprint density at radius 1 is 1.33 bits per heavy atom. The third-order valence-electron chi connectivity index (χ3n) is 3.55. The van der Waals surface area contributed by atoms with Crippen molar-refractivity contribution in [3.8, 4) is 0 Å². The fourth-order valence-corrected chi connectivity index (χ4v) is 3.58. The summed E-state index contributed by atoms with van der Waals surface area (Å²) in [5, 5.41) is 3.28. The third-order valence-corrected chi connectivity index (χ3v) is 5.36. The maximum atomic E-state index is 12.0. The second-order valence-electron chi connectivity index (χ2n) is 5.51. The van der Waals surface area contributed by atoms with E-state index in [0.29, 0.717) is 12.2 Å². The first-order valence-corrected chi connectivity index (χ1v) is 8.70. The highest BCUT2D eigenvalue weighted by atomic mass is 32.2. The van der Waals surface area contributed by atoms with E-state index in [1.807, 2.05) is 13.8 Å². The van der Waals surface area contributed by atoms with Gasteiger partial charge < -0.3 is 4.52 Å². The van der Waals surface area contributed by atoms with Crippen molar-refractivity contribution in [2.24, 2.45) is 0 Å². The van der Waals surface area contributed by atoms with E-state index < -0.39 is 21.2 Å². The van der Waals surface area contributed by atoms with Crippen molar-refractivity contribution in [3.63, 3.8) is 0 Å². The van der Waals surface area contributed by atoms with Gasteiger partial charge in [0.15, 0.2) is 0 Å². The molecule has 7 heteroatoms. The summed E-state index contributed by atoms with van der Waals surface area (Å²) in [7, 11) is -3.59. The molecule has 21 heavy (non-hydrogen) atoms. The van der Waals surface area contributed by atoms with Gasteiger partial charge in [-0.2, -0.15) is 0 Å². The Hall–Kier alpha value is -1.37. The summed E-state index contributed by atoms with van der Waals surface area (Å²) < 4.78 is 31.2. The number of carbonyl (C=O) groups is 1. The summed E-state index contributed by atoms with van der Waals surface area (Å²) in [6.07, 6.45) is 1.37. The SMILES string of the molecule is CCC[C@H](C)S(=O)(=O)NC(=O)C[C@H](C)c1c(C)noc1C. The van der Waals surface area contributed by atoms with Gasteiger partial charge in [-0.05, 0) is 33.1 Å². The van der Waals surface area contributed by atoms with Gasteiger partial charge in [0, 0.05) is 12.0 Å². The van der Waals surface area contributed by atoms with Crippen molar-refractivity contribution in [1.29, 1.82) is 0 Å². The number of carbonyl (C=O) groups excluding carboxylic acids is 1. The summed E-state index contributed by atoms with van der Waals surface area (Å²) in [4.78, 5) is 12.0. The van der Waals surface area contributed by atoms with Gasteiger partial charge in [0.2, 0.25) is 15.9 Å². The van der Waals surface area contributed by atoms with Crippen molar-refractivity contribution >= 4 is 15.9 Å². The molecule has 0 aliphatic heterocycles. The van der Waals surface area contributed by atoms with Gasteiger partial charge in [-0.25, -0.2) is 8.42 Å². The number of rotatable bonds is 7. The predicted octanol–water partition coefficient (Wildman–Crippen LogP) is 2.42. The lowest BCUT2D eigenvalue weighted by atomic mass is 9.96. The van der Waals surface area contributed by atoms with Crippen LogP contribution in [0.15, 0.2) is 4.52 Å². The number of nitrogens with one attached hydrogen (secondary N) is 1. The van der Waals surface area contributed by atoms with Crippen molar-refractivity contribution in [2.45, 2.75) is 65.0 Å². The third kappa shape index (κ3) is 4.56. The Labute approximate surface area is 126 Å². The van der Waals surface area contributed by atoms with Crippen LogP contribution in [0, 0.1) is 13.8 Å². The van der Waals surface area contributed by atoms with Crippen molar-refractivity contribution in [3.05, 3.63) is 17.0 Å². The molecular formula is C14H24N2O4S. The Morgan fingerprint density at radius 2 is 1.95 bits per heavy atom. The Kier molecular flexibility index (Phi) is 5.95. The molecule has 0 aliphatic carbocycles. The van der Waals surface area contributed by atoms with Crippen molar-refractivity contribution in [2.75, 3.05) is 0 Å². The van der Waals surface area contributed by atoms with E-state index in [1.165, 1.54) is 0 Å². The molecule has 1 N–H and O–H groups in total. The van der Waals surface area contributed by atoms with Crippen LogP contribution in [-0.2, 0) is 14.8 Å². The number of hydrogen-bond donors (Lipinski definition) is 1. The molecule has 6 nitrogen and oxygen atoms in total. The molecule has 2 atom stereocenters. The second kappa shape index (κ2) is 7.06. The van der Waals surface area contributed by atoms with Gasteiger partial charge in [0.25, 0.3) is 0 Å². The van der Waals surface area contributed by atoms with Gasteiger partial charge in [0.1, 0.15) is 5.76 Å². The molecule has 120 valence electrons. The van der Waals surface area contributed by atoms with Gasteiger partial charge in [-0.1, -0.05) is 25.4 Å². The molecule has 0 unspecified atom stereocenters. The molecule has 1 aromatic heterocycles. The minimum Gasteiger partial charge on any atom is -0.361 e. The van der Waals surface area contributed by atoms with Crippen molar-refractivity contribution < 1.29 is 17.7 Å². The van der Waals surface area contributed by atoms with Crippen LogP contribution in [0.3, 0.4) is 0 Å².